The zero-order valence-corrected chi connectivity index (χ0v) is 11.6. The molecule has 20 heavy (non-hydrogen) atoms. The van der Waals surface area contributed by atoms with E-state index in [0.717, 1.165) is 28.0 Å². The Kier molecular flexibility index (Phi) is 4.20. The van der Waals surface area contributed by atoms with Gasteiger partial charge < -0.3 is 10.5 Å². The summed E-state index contributed by atoms with van der Waals surface area (Å²) in [5.74, 6) is 0.316. The highest BCUT2D eigenvalue weighted by Crippen LogP contribution is 2.27. The van der Waals surface area contributed by atoms with Crippen LogP contribution in [0.1, 0.15) is 16.7 Å². The first-order valence-electron chi connectivity index (χ1n) is 6.33. The number of carbonyl (C=O) groups is 1. The number of ether oxygens (including phenoxy) is 1. The van der Waals surface area contributed by atoms with Crippen molar-refractivity contribution >= 4 is 11.5 Å². The maximum Gasteiger partial charge on any atom is 0.242 e. The van der Waals surface area contributed by atoms with Crippen molar-refractivity contribution in [1.82, 2.24) is 0 Å². The van der Waals surface area contributed by atoms with Crippen molar-refractivity contribution < 1.29 is 9.53 Å². The summed E-state index contributed by atoms with van der Waals surface area (Å²) in [6.07, 6.45) is 1.46. The van der Waals surface area contributed by atoms with E-state index in [1.165, 1.54) is 6.08 Å². The highest BCUT2D eigenvalue weighted by Gasteiger charge is 2.09. The van der Waals surface area contributed by atoms with Gasteiger partial charge in [0.25, 0.3) is 0 Å². The van der Waals surface area contributed by atoms with Gasteiger partial charge in [0.2, 0.25) is 5.91 Å². The molecule has 1 amide bonds. The highest BCUT2D eigenvalue weighted by molar-refractivity contribution is 5.98. The van der Waals surface area contributed by atoms with Crippen LogP contribution in [0, 0.1) is 6.92 Å². The quantitative estimate of drug-likeness (QED) is 0.866. The van der Waals surface area contributed by atoms with Gasteiger partial charge in [-0.2, -0.15) is 0 Å². The molecule has 0 unspecified atom stereocenters. The predicted molar refractivity (Wildman–Crippen MR) is 80.4 cm³/mol. The predicted octanol–water partition coefficient (Wildman–Crippen LogP) is 2.92. The van der Waals surface area contributed by atoms with Gasteiger partial charge in [0.1, 0.15) is 5.75 Å². The van der Waals surface area contributed by atoms with Gasteiger partial charge in [-0.15, -0.1) is 0 Å². The van der Waals surface area contributed by atoms with E-state index in [1.807, 2.05) is 55.5 Å². The van der Waals surface area contributed by atoms with Crippen LogP contribution in [0.15, 0.2) is 54.6 Å². The molecule has 0 aliphatic heterocycles. The van der Waals surface area contributed by atoms with Crippen LogP contribution in [0.2, 0.25) is 0 Å². The Morgan fingerprint density at radius 3 is 2.30 bits per heavy atom. The first-order chi connectivity index (χ1) is 9.61. The van der Waals surface area contributed by atoms with Gasteiger partial charge in [0, 0.05) is 6.08 Å². The molecule has 0 aliphatic rings. The number of rotatable bonds is 4. The van der Waals surface area contributed by atoms with E-state index in [2.05, 4.69) is 0 Å². The summed E-state index contributed by atoms with van der Waals surface area (Å²) in [5.41, 5.74) is 9.17. The second kappa shape index (κ2) is 6.06. The standard InChI is InChI=1S/C17H17NO2/c1-12-5-3-4-6-15(12)16(11-17(18)19)13-7-9-14(20-2)10-8-13/h3-11H,1-2H3,(H2,18,19). The summed E-state index contributed by atoms with van der Waals surface area (Å²) in [7, 11) is 1.62. The molecule has 2 aromatic carbocycles. The molecule has 0 fully saturated rings. The third-order valence-corrected chi connectivity index (χ3v) is 3.12. The number of aryl methyl sites for hydroxylation is 1. The van der Waals surface area contributed by atoms with Gasteiger partial charge in [0.05, 0.1) is 7.11 Å². The van der Waals surface area contributed by atoms with Crippen LogP contribution in [-0.4, -0.2) is 13.0 Å². The summed E-state index contributed by atoms with van der Waals surface area (Å²) in [6, 6.07) is 15.5. The molecule has 0 aromatic heterocycles. The molecule has 0 saturated heterocycles. The number of hydrogen-bond donors (Lipinski definition) is 1. The maximum absolute atomic E-state index is 11.3. The lowest BCUT2D eigenvalue weighted by Gasteiger charge is -2.11. The molecule has 3 heteroatoms. The lowest BCUT2D eigenvalue weighted by Crippen LogP contribution is -2.08. The molecular formula is C17H17NO2. The summed E-state index contributed by atoms with van der Waals surface area (Å²) < 4.78 is 5.15. The van der Waals surface area contributed by atoms with E-state index >= 15 is 0 Å². The number of benzene rings is 2. The van der Waals surface area contributed by atoms with Crippen LogP contribution in [0.5, 0.6) is 5.75 Å². The summed E-state index contributed by atoms with van der Waals surface area (Å²) in [4.78, 5) is 11.3. The second-order valence-electron chi connectivity index (χ2n) is 4.50. The van der Waals surface area contributed by atoms with Crippen LogP contribution in [0.25, 0.3) is 5.57 Å². The van der Waals surface area contributed by atoms with Crippen molar-refractivity contribution in [2.75, 3.05) is 7.11 Å². The average molecular weight is 267 g/mol. The van der Waals surface area contributed by atoms with Crippen molar-refractivity contribution in [1.29, 1.82) is 0 Å². The molecule has 0 atom stereocenters. The van der Waals surface area contributed by atoms with E-state index in [-0.39, 0.29) is 0 Å². The Morgan fingerprint density at radius 2 is 1.75 bits per heavy atom. The van der Waals surface area contributed by atoms with Crippen molar-refractivity contribution in [3.63, 3.8) is 0 Å². The average Bonchev–Trinajstić information content (AvgIpc) is 2.46. The number of methoxy groups -OCH3 is 1. The number of nitrogens with two attached hydrogens (primary N) is 1. The molecule has 0 aliphatic carbocycles. The van der Waals surface area contributed by atoms with Gasteiger partial charge in [-0.3, -0.25) is 4.79 Å². The monoisotopic (exact) mass is 267 g/mol. The van der Waals surface area contributed by atoms with Crippen LogP contribution >= 0.6 is 0 Å². The number of primary amides is 1. The first kappa shape index (κ1) is 13.9. The van der Waals surface area contributed by atoms with E-state index in [1.54, 1.807) is 7.11 Å². The third kappa shape index (κ3) is 3.06. The Hall–Kier alpha value is -2.55. The molecule has 2 aromatic rings. The number of amides is 1. The minimum absolute atomic E-state index is 0.459. The van der Waals surface area contributed by atoms with Gasteiger partial charge in [-0.1, -0.05) is 36.4 Å². The van der Waals surface area contributed by atoms with Crippen molar-refractivity contribution in [3.05, 3.63) is 71.3 Å². The fourth-order valence-corrected chi connectivity index (χ4v) is 2.10. The highest BCUT2D eigenvalue weighted by atomic mass is 16.5. The number of hydrogen-bond acceptors (Lipinski definition) is 2. The summed E-state index contributed by atoms with van der Waals surface area (Å²) in [5, 5.41) is 0. The number of carbonyl (C=O) groups excluding carboxylic acids is 1. The normalized spacial score (nSPS) is 11.2. The smallest absolute Gasteiger partial charge is 0.242 e. The minimum atomic E-state index is -0.459. The van der Waals surface area contributed by atoms with Crippen molar-refractivity contribution in [3.8, 4) is 5.75 Å². The van der Waals surface area contributed by atoms with E-state index in [0.29, 0.717) is 0 Å². The van der Waals surface area contributed by atoms with Crippen LogP contribution < -0.4 is 10.5 Å². The molecular weight excluding hydrogens is 250 g/mol. The molecule has 0 radical (unpaired) electrons. The molecule has 3 nitrogen and oxygen atoms in total. The topological polar surface area (TPSA) is 52.3 Å². The Morgan fingerprint density at radius 1 is 1.10 bits per heavy atom. The molecule has 0 saturated carbocycles. The Labute approximate surface area is 118 Å². The van der Waals surface area contributed by atoms with Crippen molar-refractivity contribution in [2.24, 2.45) is 5.73 Å². The Bertz CT molecular complexity index is 642. The molecule has 2 rings (SSSR count). The summed E-state index contributed by atoms with van der Waals surface area (Å²) in [6.45, 7) is 2.01. The maximum atomic E-state index is 11.3. The molecule has 0 bridgehead atoms. The molecule has 102 valence electrons. The van der Waals surface area contributed by atoms with E-state index in [4.69, 9.17) is 10.5 Å². The minimum Gasteiger partial charge on any atom is -0.497 e. The van der Waals surface area contributed by atoms with Crippen LogP contribution in [-0.2, 0) is 4.79 Å². The second-order valence-corrected chi connectivity index (χ2v) is 4.50. The van der Waals surface area contributed by atoms with Gasteiger partial charge in [-0.25, -0.2) is 0 Å². The van der Waals surface area contributed by atoms with Crippen LogP contribution in [0.3, 0.4) is 0 Å². The fraction of sp³-hybridized carbons (Fsp3) is 0.118. The SMILES string of the molecule is COc1ccc(C(=CC(N)=O)c2ccccc2C)cc1. The largest absolute Gasteiger partial charge is 0.497 e. The zero-order valence-electron chi connectivity index (χ0n) is 11.6. The Balaban J connectivity index is 2.53. The van der Waals surface area contributed by atoms with E-state index < -0.39 is 5.91 Å². The van der Waals surface area contributed by atoms with E-state index in [9.17, 15) is 4.79 Å². The molecule has 0 heterocycles. The van der Waals surface area contributed by atoms with Gasteiger partial charge in [-0.05, 0) is 41.3 Å². The first-order valence-corrected chi connectivity index (χ1v) is 6.33. The van der Waals surface area contributed by atoms with Crippen LogP contribution in [0.4, 0.5) is 0 Å². The lowest BCUT2D eigenvalue weighted by atomic mass is 9.94. The third-order valence-electron chi connectivity index (χ3n) is 3.12. The molecule has 0 spiro atoms. The van der Waals surface area contributed by atoms with Crippen molar-refractivity contribution in [2.45, 2.75) is 6.92 Å². The zero-order chi connectivity index (χ0) is 14.5. The summed E-state index contributed by atoms with van der Waals surface area (Å²) >= 11 is 0. The van der Waals surface area contributed by atoms with Gasteiger partial charge >= 0.3 is 0 Å². The van der Waals surface area contributed by atoms with Gasteiger partial charge in [0.15, 0.2) is 0 Å². The molecule has 2 N–H and O–H groups in total. The lowest BCUT2D eigenvalue weighted by molar-refractivity contribution is -0.113. The fourth-order valence-electron chi connectivity index (χ4n) is 2.10.